The molecule has 1 unspecified atom stereocenters. The summed E-state index contributed by atoms with van der Waals surface area (Å²) in [7, 11) is 1.55. The van der Waals surface area contributed by atoms with E-state index in [0.29, 0.717) is 30.2 Å². The van der Waals surface area contributed by atoms with Crippen LogP contribution in [0.15, 0.2) is 48.8 Å². The molecule has 32 heavy (non-hydrogen) atoms. The highest BCUT2D eigenvalue weighted by Gasteiger charge is 2.21. The normalized spacial score (nSPS) is 12.3. The summed E-state index contributed by atoms with van der Waals surface area (Å²) in [5.41, 5.74) is 1.34. The van der Waals surface area contributed by atoms with Gasteiger partial charge >= 0.3 is 0 Å². The first kappa shape index (κ1) is 23.6. The van der Waals surface area contributed by atoms with Crippen molar-refractivity contribution in [1.82, 2.24) is 19.7 Å². The van der Waals surface area contributed by atoms with Gasteiger partial charge in [0, 0.05) is 24.9 Å². The average molecular weight is 461 g/mol. The minimum absolute atomic E-state index is 0.0143. The molecule has 0 fully saturated rings. The molecule has 0 amide bonds. The average Bonchev–Trinajstić information content (AvgIpc) is 3.21. The number of nitrogens with zero attached hydrogens (tertiary/aromatic N) is 4. The number of aliphatic hydroxyl groups excluding tert-OH is 1. The first-order chi connectivity index (χ1) is 15.5. The summed E-state index contributed by atoms with van der Waals surface area (Å²) >= 11 is 6.33. The highest BCUT2D eigenvalue weighted by Crippen LogP contribution is 2.29. The monoisotopic (exact) mass is 460 g/mol. The quantitative estimate of drug-likeness (QED) is 0.370. The molecule has 2 aromatic heterocycles. The number of hydrogen-bond acceptors (Lipinski definition) is 7. The van der Waals surface area contributed by atoms with E-state index in [2.05, 4.69) is 25.7 Å². The van der Waals surface area contributed by atoms with Gasteiger partial charge in [-0.15, -0.1) is 0 Å². The molecule has 0 saturated carbocycles. The van der Waals surface area contributed by atoms with Crippen molar-refractivity contribution in [2.45, 2.75) is 25.9 Å². The Bertz CT molecular complexity index is 1060. The van der Waals surface area contributed by atoms with Crippen LogP contribution < -0.4 is 10.6 Å². The Morgan fingerprint density at radius 3 is 2.94 bits per heavy atom. The Kier molecular flexibility index (Phi) is 8.55. The van der Waals surface area contributed by atoms with E-state index >= 15 is 0 Å². The summed E-state index contributed by atoms with van der Waals surface area (Å²) in [5.74, 6) is 0.786. The van der Waals surface area contributed by atoms with Crippen molar-refractivity contribution in [2.75, 3.05) is 31.0 Å². The number of rotatable bonds is 11. The summed E-state index contributed by atoms with van der Waals surface area (Å²) in [6.45, 7) is 2.50. The van der Waals surface area contributed by atoms with E-state index in [-0.39, 0.29) is 30.0 Å². The molecule has 0 radical (unpaired) electrons. The molecule has 1 atom stereocenters. The molecule has 2 heterocycles. The van der Waals surface area contributed by atoms with Gasteiger partial charge in [0.05, 0.1) is 32.0 Å². The van der Waals surface area contributed by atoms with Gasteiger partial charge in [0.15, 0.2) is 11.6 Å². The van der Waals surface area contributed by atoms with E-state index in [4.69, 9.17) is 21.4 Å². The lowest BCUT2D eigenvalue weighted by molar-refractivity contribution is 0.185. The van der Waals surface area contributed by atoms with Gasteiger partial charge in [0.25, 0.3) is 0 Å². The van der Waals surface area contributed by atoms with E-state index in [1.807, 2.05) is 25.1 Å². The lowest BCUT2D eigenvalue weighted by Crippen LogP contribution is -2.20. The van der Waals surface area contributed by atoms with Crippen LogP contribution in [0.2, 0.25) is 5.02 Å². The number of aromatic nitrogens is 4. The molecule has 0 spiro atoms. The van der Waals surface area contributed by atoms with Crippen molar-refractivity contribution >= 4 is 29.2 Å². The second-order valence-electron chi connectivity index (χ2n) is 6.94. The SMILES string of the molecule is CC=CCc1cccc(F)c1C(COC)Nc1nc(Nc2ccn(CCO)n2)ncc1Cl. The Hall–Kier alpha value is -3.01. The van der Waals surface area contributed by atoms with Gasteiger partial charge in [-0.05, 0) is 25.0 Å². The molecule has 3 aromatic rings. The molecular formula is C22H26ClFN6O2. The number of aliphatic hydroxyl groups is 1. The number of halogens is 2. The smallest absolute Gasteiger partial charge is 0.230 e. The summed E-state index contributed by atoms with van der Waals surface area (Å²) < 4.78 is 21.8. The van der Waals surface area contributed by atoms with Crippen LogP contribution in [-0.2, 0) is 17.7 Å². The molecule has 8 nitrogen and oxygen atoms in total. The van der Waals surface area contributed by atoms with Crippen molar-refractivity contribution in [3.05, 3.63) is 70.8 Å². The predicted molar refractivity (Wildman–Crippen MR) is 123 cm³/mol. The molecule has 170 valence electrons. The standard InChI is InChI=1S/C22H26ClFN6O2/c1-3-4-6-15-7-5-8-17(24)20(15)18(14-32-2)26-21-16(23)13-25-22(28-21)27-19-9-10-30(29-19)11-12-31/h3-5,7-10,13,18,31H,6,11-12,14H2,1-2H3,(H2,25,26,27,28,29). The van der Waals surface area contributed by atoms with Crippen molar-refractivity contribution < 1.29 is 14.2 Å². The van der Waals surface area contributed by atoms with Crippen LogP contribution in [0.5, 0.6) is 0 Å². The zero-order chi connectivity index (χ0) is 22.9. The number of allylic oxidation sites excluding steroid dienone is 2. The van der Waals surface area contributed by atoms with Gasteiger partial charge < -0.3 is 20.5 Å². The maximum atomic E-state index is 14.9. The fourth-order valence-electron chi connectivity index (χ4n) is 3.22. The van der Waals surface area contributed by atoms with Gasteiger partial charge in [-0.25, -0.2) is 9.37 Å². The van der Waals surface area contributed by atoms with Crippen molar-refractivity contribution in [3.8, 4) is 0 Å². The van der Waals surface area contributed by atoms with Gasteiger partial charge in [-0.1, -0.05) is 35.9 Å². The zero-order valence-corrected chi connectivity index (χ0v) is 18.7. The molecule has 3 rings (SSSR count). The van der Waals surface area contributed by atoms with Gasteiger partial charge in [-0.3, -0.25) is 4.68 Å². The van der Waals surface area contributed by atoms with Gasteiger partial charge in [0.1, 0.15) is 10.8 Å². The first-order valence-electron chi connectivity index (χ1n) is 10.1. The lowest BCUT2D eigenvalue weighted by Gasteiger charge is -2.23. The van der Waals surface area contributed by atoms with Crippen LogP contribution in [0.4, 0.5) is 22.0 Å². The Morgan fingerprint density at radius 1 is 1.34 bits per heavy atom. The van der Waals surface area contributed by atoms with E-state index in [9.17, 15) is 4.39 Å². The summed E-state index contributed by atoms with van der Waals surface area (Å²) in [6, 6.07) is 6.22. The van der Waals surface area contributed by atoms with Gasteiger partial charge in [-0.2, -0.15) is 10.1 Å². The largest absolute Gasteiger partial charge is 0.394 e. The molecule has 0 bridgehead atoms. The predicted octanol–water partition coefficient (Wildman–Crippen LogP) is 4.12. The maximum absolute atomic E-state index is 14.9. The fourth-order valence-corrected chi connectivity index (χ4v) is 3.37. The minimum atomic E-state index is -0.523. The van der Waals surface area contributed by atoms with Crippen molar-refractivity contribution in [1.29, 1.82) is 0 Å². The minimum Gasteiger partial charge on any atom is -0.394 e. The fraction of sp³-hybridized carbons (Fsp3) is 0.318. The molecule has 0 aliphatic heterocycles. The van der Waals surface area contributed by atoms with Gasteiger partial charge in [0.2, 0.25) is 5.95 Å². The third-order valence-electron chi connectivity index (χ3n) is 4.66. The Morgan fingerprint density at radius 2 is 2.19 bits per heavy atom. The third-order valence-corrected chi connectivity index (χ3v) is 4.94. The second kappa shape index (κ2) is 11.6. The summed E-state index contributed by atoms with van der Waals surface area (Å²) in [4.78, 5) is 8.62. The first-order valence-corrected chi connectivity index (χ1v) is 10.5. The van der Waals surface area contributed by atoms with E-state index < -0.39 is 6.04 Å². The van der Waals surface area contributed by atoms with Crippen LogP contribution in [0.25, 0.3) is 0 Å². The number of methoxy groups -OCH3 is 1. The number of anilines is 3. The number of ether oxygens (including phenoxy) is 1. The Labute approximate surface area is 191 Å². The molecular weight excluding hydrogens is 435 g/mol. The van der Waals surface area contributed by atoms with E-state index in [1.54, 1.807) is 30.1 Å². The van der Waals surface area contributed by atoms with Crippen LogP contribution >= 0.6 is 11.6 Å². The van der Waals surface area contributed by atoms with E-state index in [0.717, 1.165) is 5.56 Å². The molecule has 0 saturated heterocycles. The highest BCUT2D eigenvalue weighted by atomic mass is 35.5. The summed E-state index contributed by atoms with van der Waals surface area (Å²) in [5, 5.41) is 19.8. The topological polar surface area (TPSA) is 97.1 Å². The van der Waals surface area contributed by atoms with Crippen molar-refractivity contribution in [3.63, 3.8) is 0 Å². The molecule has 0 aliphatic carbocycles. The zero-order valence-electron chi connectivity index (χ0n) is 17.9. The van der Waals surface area contributed by atoms with E-state index in [1.165, 1.54) is 12.3 Å². The van der Waals surface area contributed by atoms with Crippen LogP contribution in [0.3, 0.4) is 0 Å². The number of nitrogens with one attached hydrogen (secondary N) is 2. The summed E-state index contributed by atoms with van der Waals surface area (Å²) in [6.07, 6.45) is 7.67. The number of hydrogen-bond donors (Lipinski definition) is 3. The van der Waals surface area contributed by atoms with Crippen LogP contribution in [-0.4, -0.2) is 45.2 Å². The lowest BCUT2D eigenvalue weighted by atomic mass is 9.97. The highest BCUT2D eigenvalue weighted by molar-refractivity contribution is 6.32. The third kappa shape index (κ3) is 6.03. The molecule has 1 aromatic carbocycles. The van der Waals surface area contributed by atoms with Crippen molar-refractivity contribution in [2.24, 2.45) is 0 Å². The molecule has 0 aliphatic rings. The Balaban J connectivity index is 1.87. The number of benzene rings is 1. The maximum Gasteiger partial charge on any atom is 0.230 e. The molecule has 3 N–H and O–H groups in total. The second-order valence-corrected chi connectivity index (χ2v) is 7.35. The van der Waals surface area contributed by atoms with Crippen LogP contribution in [0, 0.1) is 5.82 Å². The van der Waals surface area contributed by atoms with Crippen LogP contribution in [0.1, 0.15) is 24.1 Å². The molecule has 10 heteroatoms.